The molecule has 0 spiro atoms. The number of rotatable bonds is 5. The maximum absolute atomic E-state index is 11.7. The normalized spacial score (nSPS) is 28.6. The van der Waals surface area contributed by atoms with Crippen molar-refractivity contribution in [3.8, 4) is 0 Å². The van der Waals surface area contributed by atoms with Crippen LogP contribution in [-0.4, -0.2) is 33.7 Å². The average Bonchev–Trinajstić information content (AvgIpc) is 2.78. The van der Waals surface area contributed by atoms with Crippen molar-refractivity contribution in [2.24, 2.45) is 11.8 Å². The van der Waals surface area contributed by atoms with Gasteiger partial charge in [-0.05, 0) is 23.6 Å². The third-order valence-corrected chi connectivity index (χ3v) is 7.38. The number of pyridine rings is 1. The van der Waals surface area contributed by atoms with E-state index in [4.69, 9.17) is 0 Å². The summed E-state index contributed by atoms with van der Waals surface area (Å²) in [5, 5.41) is 12.8. The van der Waals surface area contributed by atoms with Crippen LogP contribution in [0.15, 0.2) is 79.5 Å². The summed E-state index contributed by atoms with van der Waals surface area (Å²) >= 11 is 0. The Bertz CT molecular complexity index is 1020. The molecule has 1 aromatic heterocycles. The van der Waals surface area contributed by atoms with Crippen LogP contribution in [0.5, 0.6) is 0 Å². The second-order valence-electron chi connectivity index (χ2n) is 8.88. The van der Waals surface area contributed by atoms with Gasteiger partial charge in [0.1, 0.15) is 18.7 Å². The minimum atomic E-state index is -0.486. The van der Waals surface area contributed by atoms with Crippen LogP contribution >= 0.6 is 0 Å². The van der Waals surface area contributed by atoms with Gasteiger partial charge in [0.15, 0.2) is 0 Å². The first-order valence-corrected chi connectivity index (χ1v) is 10.7. The van der Waals surface area contributed by atoms with Crippen molar-refractivity contribution in [2.75, 3.05) is 13.1 Å². The molecule has 156 valence electrons. The number of aromatic nitrogens is 1. The number of quaternary nitrogens is 1. The molecule has 3 saturated heterocycles. The van der Waals surface area contributed by atoms with Crippen molar-refractivity contribution in [3.63, 3.8) is 0 Å². The standard InChI is InChI=1S/C26H29N2O.ClH/c1-2-20-18-28(17-19-8-4-3-5-9-19)15-13-21(20)16-25(28)26(29)23-12-14-27-24-11-7-6-10-22(23)24;/h2-12,14,20-21,25-26,29H,1,13,15-18H2;1H/q+1;/p-1/t20?,21?,25?,26-,28?;/m1./s1. The van der Waals surface area contributed by atoms with Crippen molar-refractivity contribution >= 4 is 10.9 Å². The SMILES string of the molecule is C=CC1C[N+]2(Cc3ccccc3)CCC1CC2[C@H](O)c1ccnc2ccccc12.[Cl-]. The molecule has 0 amide bonds. The van der Waals surface area contributed by atoms with Crippen LogP contribution in [0.25, 0.3) is 10.9 Å². The van der Waals surface area contributed by atoms with E-state index in [-0.39, 0.29) is 18.4 Å². The predicted octanol–water partition coefficient (Wildman–Crippen LogP) is 1.88. The molecular weight excluding hydrogens is 392 g/mol. The Morgan fingerprint density at radius 1 is 1.10 bits per heavy atom. The Kier molecular flexibility index (Phi) is 5.97. The van der Waals surface area contributed by atoms with E-state index in [0.717, 1.165) is 47.0 Å². The second-order valence-corrected chi connectivity index (χ2v) is 8.88. The number of aliphatic hydroxyl groups excluding tert-OH is 1. The molecule has 4 heteroatoms. The fourth-order valence-corrected chi connectivity index (χ4v) is 5.91. The van der Waals surface area contributed by atoms with Gasteiger partial charge in [-0.3, -0.25) is 4.98 Å². The van der Waals surface area contributed by atoms with Gasteiger partial charge in [-0.1, -0.05) is 54.6 Å². The fraction of sp³-hybridized carbons (Fsp3) is 0.346. The Morgan fingerprint density at radius 3 is 2.67 bits per heavy atom. The van der Waals surface area contributed by atoms with E-state index in [0.29, 0.717) is 11.8 Å². The average molecular weight is 421 g/mol. The molecule has 3 nitrogen and oxygen atoms in total. The van der Waals surface area contributed by atoms with Gasteiger partial charge < -0.3 is 22.0 Å². The highest BCUT2D eigenvalue weighted by molar-refractivity contribution is 5.82. The van der Waals surface area contributed by atoms with Crippen molar-refractivity contribution in [3.05, 3.63) is 90.6 Å². The van der Waals surface area contributed by atoms with Crippen LogP contribution in [0, 0.1) is 11.8 Å². The Balaban J connectivity index is 0.00000218. The molecular formula is C26H29ClN2O. The Hall–Kier alpha value is -2.20. The van der Waals surface area contributed by atoms with E-state index in [9.17, 15) is 5.11 Å². The van der Waals surface area contributed by atoms with E-state index in [1.807, 2.05) is 30.5 Å². The van der Waals surface area contributed by atoms with Gasteiger partial charge in [0.2, 0.25) is 0 Å². The van der Waals surface area contributed by atoms with Crippen LogP contribution in [0.4, 0.5) is 0 Å². The van der Waals surface area contributed by atoms with Crippen LogP contribution in [-0.2, 0) is 6.54 Å². The first-order chi connectivity index (χ1) is 14.2. The second kappa shape index (κ2) is 8.50. The fourth-order valence-electron chi connectivity index (χ4n) is 5.91. The van der Waals surface area contributed by atoms with Gasteiger partial charge in [-0.2, -0.15) is 0 Å². The third-order valence-electron chi connectivity index (χ3n) is 7.38. The highest BCUT2D eigenvalue weighted by Crippen LogP contribution is 2.47. The summed E-state index contributed by atoms with van der Waals surface area (Å²) in [6.45, 7) is 7.32. The van der Waals surface area contributed by atoms with Gasteiger partial charge in [0.25, 0.3) is 0 Å². The molecule has 3 aliphatic heterocycles. The lowest BCUT2D eigenvalue weighted by molar-refractivity contribution is -0.984. The number of fused-ring (bicyclic) bond motifs is 4. The summed E-state index contributed by atoms with van der Waals surface area (Å²) in [7, 11) is 0. The van der Waals surface area contributed by atoms with E-state index < -0.39 is 6.10 Å². The lowest BCUT2D eigenvalue weighted by Gasteiger charge is -2.58. The molecule has 5 atom stereocenters. The quantitative estimate of drug-likeness (QED) is 0.505. The van der Waals surface area contributed by atoms with Crippen LogP contribution in [0.3, 0.4) is 0 Å². The molecule has 2 aromatic carbocycles. The predicted molar refractivity (Wildman–Crippen MR) is 117 cm³/mol. The number of halogens is 1. The van der Waals surface area contributed by atoms with E-state index in [2.05, 4.69) is 54.0 Å². The first kappa shape index (κ1) is 21.0. The zero-order chi connectivity index (χ0) is 19.8. The molecule has 3 fully saturated rings. The minimum absolute atomic E-state index is 0. The Morgan fingerprint density at radius 2 is 1.87 bits per heavy atom. The first-order valence-electron chi connectivity index (χ1n) is 10.7. The lowest BCUT2D eigenvalue weighted by atomic mass is 9.71. The summed E-state index contributed by atoms with van der Waals surface area (Å²) in [4.78, 5) is 4.50. The largest absolute Gasteiger partial charge is 1.00 e. The highest BCUT2D eigenvalue weighted by atomic mass is 35.5. The minimum Gasteiger partial charge on any atom is -1.00 e. The van der Waals surface area contributed by atoms with Gasteiger partial charge in [0.05, 0.1) is 18.6 Å². The molecule has 6 rings (SSSR count). The molecule has 3 aromatic rings. The number of para-hydroxylation sites is 1. The summed E-state index contributed by atoms with van der Waals surface area (Å²) in [6.07, 6.45) is 5.79. The molecule has 30 heavy (non-hydrogen) atoms. The van der Waals surface area contributed by atoms with Crippen molar-refractivity contribution < 1.29 is 22.0 Å². The summed E-state index contributed by atoms with van der Waals surface area (Å²) in [5.74, 6) is 1.18. The smallest absolute Gasteiger partial charge is 0.131 e. The van der Waals surface area contributed by atoms with Gasteiger partial charge in [-0.15, -0.1) is 6.58 Å². The molecule has 1 N–H and O–H groups in total. The summed E-state index contributed by atoms with van der Waals surface area (Å²) in [5.41, 5.74) is 3.33. The number of benzene rings is 2. The van der Waals surface area contributed by atoms with Gasteiger partial charge in [0, 0.05) is 35.9 Å². The zero-order valence-corrected chi connectivity index (χ0v) is 18.0. The van der Waals surface area contributed by atoms with E-state index >= 15 is 0 Å². The number of aliphatic hydroxyl groups is 1. The molecule has 3 aliphatic rings. The highest BCUT2D eigenvalue weighted by Gasteiger charge is 2.53. The van der Waals surface area contributed by atoms with Crippen LogP contribution < -0.4 is 12.4 Å². The number of hydrogen-bond donors (Lipinski definition) is 1. The van der Waals surface area contributed by atoms with Gasteiger partial charge in [-0.25, -0.2) is 0 Å². The zero-order valence-electron chi connectivity index (χ0n) is 17.2. The van der Waals surface area contributed by atoms with Crippen molar-refractivity contribution in [2.45, 2.75) is 31.5 Å². The van der Waals surface area contributed by atoms with Crippen molar-refractivity contribution in [1.82, 2.24) is 4.98 Å². The monoisotopic (exact) mass is 420 g/mol. The molecule has 0 saturated carbocycles. The maximum atomic E-state index is 11.7. The molecule has 0 radical (unpaired) electrons. The van der Waals surface area contributed by atoms with Crippen LogP contribution in [0.1, 0.15) is 30.1 Å². The topological polar surface area (TPSA) is 33.1 Å². The molecule has 4 unspecified atom stereocenters. The maximum Gasteiger partial charge on any atom is 0.131 e. The van der Waals surface area contributed by atoms with E-state index in [1.165, 1.54) is 12.0 Å². The number of hydrogen-bond acceptors (Lipinski definition) is 2. The lowest BCUT2D eigenvalue weighted by Crippen LogP contribution is -3.00. The molecule has 2 bridgehead atoms. The van der Waals surface area contributed by atoms with Crippen LogP contribution in [0.2, 0.25) is 0 Å². The van der Waals surface area contributed by atoms with Crippen molar-refractivity contribution in [1.29, 1.82) is 0 Å². The summed E-state index contributed by atoms with van der Waals surface area (Å²) < 4.78 is 0.953. The summed E-state index contributed by atoms with van der Waals surface area (Å²) in [6, 6.07) is 21.2. The molecule has 0 aliphatic carbocycles. The van der Waals surface area contributed by atoms with Gasteiger partial charge >= 0.3 is 0 Å². The number of nitrogens with zero attached hydrogens (tertiary/aromatic N) is 2. The van der Waals surface area contributed by atoms with E-state index in [1.54, 1.807) is 0 Å². The number of piperidine rings is 3. The third kappa shape index (κ3) is 3.56. The molecule has 4 heterocycles. The Labute approximate surface area is 185 Å².